The summed E-state index contributed by atoms with van der Waals surface area (Å²) in [5, 5.41) is 20.2. The van der Waals surface area contributed by atoms with Crippen LogP contribution in [-0.2, 0) is 6.42 Å². The van der Waals surface area contributed by atoms with Gasteiger partial charge in [0, 0.05) is 19.0 Å². The number of hydrogen-bond donors (Lipinski definition) is 4. The molecule has 1 saturated carbocycles. The van der Waals surface area contributed by atoms with Crippen LogP contribution in [0.5, 0.6) is 5.88 Å². The molecule has 8 heteroatoms. The van der Waals surface area contributed by atoms with Crippen LogP contribution in [0.3, 0.4) is 0 Å². The number of urea groups is 1. The van der Waals surface area contributed by atoms with Gasteiger partial charge in [-0.2, -0.15) is 4.98 Å². The van der Waals surface area contributed by atoms with Gasteiger partial charge in [-0.25, -0.2) is 4.79 Å². The zero-order valence-corrected chi connectivity index (χ0v) is 16.7. The summed E-state index contributed by atoms with van der Waals surface area (Å²) in [6, 6.07) is 7.17. The molecule has 0 bridgehead atoms. The van der Waals surface area contributed by atoms with Crippen molar-refractivity contribution < 1.29 is 9.90 Å². The molecule has 2 aromatic rings. The van der Waals surface area contributed by atoms with Crippen molar-refractivity contribution in [3.8, 4) is 5.88 Å². The maximum absolute atomic E-state index is 12.0. The van der Waals surface area contributed by atoms with Gasteiger partial charge in [0.05, 0.1) is 15.6 Å². The second-order valence-electron chi connectivity index (χ2n) is 6.71. The summed E-state index contributed by atoms with van der Waals surface area (Å²) in [5.74, 6) is 0.0458. The van der Waals surface area contributed by atoms with E-state index in [1.165, 1.54) is 37.0 Å². The zero-order chi connectivity index (χ0) is 19.1. The summed E-state index contributed by atoms with van der Waals surface area (Å²) in [7, 11) is 0. The Morgan fingerprint density at radius 1 is 1.22 bits per heavy atom. The van der Waals surface area contributed by atoms with Crippen LogP contribution < -0.4 is 16.0 Å². The predicted molar refractivity (Wildman–Crippen MR) is 111 cm³/mol. The quantitative estimate of drug-likeness (QED) is 0.506. The van der Waals surface area contributed by atoms with Crippen LogP contribution in [0.2, 0.25) is 5.02 Å². The minimum absolute atomic E-state index is 0.0458. The first-order valence-corrected chi connectivity index (χ1v) is 10.6. The smallest absolute Gasteiger partial charge is 0.319 e. The van der Waals surface area contributed by atoms with Gasteiger partial charge in [-0.1, -0.05) is 60.8 Å². The highest BCUT2D eigenvalue weighted by atomic mass is 35.5. The van der Waals surface area contributed by atoms with E-state index in [-0.39, 0.29) is 11.9 Å². The van der Waals surface area contributed by atoms with Crippen LogP contribution in [0.25, 0.3) is 0 Å². The number of halogens is 1. The van der Waals surface area contributed by atoms with E-state index in [1.54, 1.807) is 24.3 Å². The second kappa shape index (κ2) is 9.80. The van der Waals surface area contributed by atoms with Gasteiger partial charge in [-0.05, 0) is 25.0 Å². The lowest BCUT2D eigenvalue weighted by Gasteiger charge is -2.14. The van der Waals surface area contributed by atoms with Gasteiger partial charge in [-0.3, -0.25) is 0 Å². The average molecular weight is 409 g/mol. The van der Waals surface area contributed by atoms with Crippen molar-refractivity contribution in [2.45, 2.75) is 51.0 Å². The lowest BCUT2D eigenvalue weighted by molar-refractivity contribution is 0.252. The highest BCUT2D eigenvalue weighted by Gasteiger charge is 2.16. The summed E-state index contributed by atoms with van der Waals surface area (Å²) >= 11 is 7.48. The lowest BCUT2D eigenvalue weighted by atomic mass is 10.1. The number of anilines is 2. The molecule has 1 aromatic carbocycles. The van der Waals surface area contributed by atoms with E-state index >= 15 is 0 Å². The van der Waals surface area contributed by atoms with Crippen molar-refractivity contribution in [2.75, 3.05) is 17.2 Å². The molecule has 0 atom stereocenters. The Kier molecular flexibility index (Phi) is 7.18. The van der Waals surface area contributed by atoms with E-state index in [4.69, 9.17) is 11.6 Å². The highest BCUT2D eigenvalue weighted by Crippen LogP contribution is 2.30. The molecule has 2 amide bonds. The van der Waals surface area contributed by atoms with Crippen molar-refractivity contribution in [3.63, 3.8) is 0 Å². The highest BCUT2D eigenvalue weighted by molar-refractivity contribution is 7.15. The molecule has 0 unspecified atom stereocenters. The maximum Gasteiger partial charge on any atom is 0.319 e. The number of hydrogen-bond acceptors (Lipinski definition) is 5. The summed E-state index contributed by atoms with van der Waals surface area (Å²) in [6.07, 6.45) is 7.91. The number of thiazole rings is 1. The number of rotatable bonds is 6. The molecule has 3 rings (SSSR count). The molecule has 0 spiro atoms. The van der Waals surface area contributed by atoms with Crippen LogP contribution in [0.1, 0.15) is 43.4 Å². The monoisotopic (exact) mass is 408 g/mol. The van der Waals surface area contributed by atoms with Crippen LogP contribution in [0.15, 0.2) is 24.3 Å². The van der Waals surface area contributed by atoms with Crippen LogP contribution >= 0.6 is 22.9 Å². The number of amides is 2. The maximum atomic E-state index is 12.0. The van der Waals surface area contributed by atoms with Crippen LogP contribution in [-0.4, -0.2) is 28.7 Å². The number of aromatic nitrogens is 1. The normalized spacial score (nSPS) is 15.1. The molecule has 1 fully saturated rings. The van der Waals surface area contributed by atoms with E-state index in [9.17, 15) is 9.90 Å². The SMILES string of the molecule is O=C(NCCc1sc(NC2CCCCCC2)nc1O)Nc1ccccc1Cl. The molecule has 1 aliphatic rings. The number of nitrogens with zero attached hydrogens (tertiary/aromatic N) is 1. The molecule has 27 heavy (non-hydrogen) atoms. The molecular formula is C19H25ClN4O2S. The molecule has 0 aliphatic heterocycles. The first-order valence-electron chi connectivity index (χ1n) is 9.36. The Labute approximate surface area is 168 Å². The summed E-state index contributed by atoms with van der Waals surface area (Å²) in [6.45, 7) is 0.398. The van der Waals surface area contributed by atoms with E-state index in [0.29, 0.717) is 29.7 Å². The van der Waals surface area contributed by atoms with E-state index in [0.717, 1.165) is 22.9 Å². The molecule has 1 aromatic heterocycles. The zero-order valence-electron chi connectivity index (χ0n) is 15.1. The van der Waals surface area contributed by atoms with Crippen molar-refractivity contribution in [1.82, 2.24) is 10.3 Å². The van der Waals surface area contributed by atoms with Gasteiger partial charge in [0.15, 0.2) is 5.13 Å². The summed E-state index contributed by atoms with van der Waals surface area (Å²) in [5.41, 5.74) is 0.562. The van der Waals surface area contributed by atoms with Crippen molar-refractivity contribution in [2.24, 2.45) is 0 Å². The number of benzene rings is 1. The van der Waals surface area contributed by atoms with Crippen LogP contribution in [0.4, 0.5) is 15.6 Å². The fraction of sp³-hybridized carbons (Fsp3) is 0.474. The number of nitrogens with one attached hydrogen (secondary N) is 3. The summed E-state index contributed by atoms with van der Waals surface area (Å²) in [4.78, 5) is 17.0. The fourth-order valence-electron chi connectivity index (χ4n) is 3.19. The van der Waals surface area contributed by atoms with Crippen molar-refractivity contribution in [3.05, 3.63) is 34.2 Å². The molecular weight excluding hydrogens is 384 g/mol. The van der Waals surface area contributed by atoms with Gasteiger partial charge in [0.25, 0.3) is 0 Å². The van der Waals surface area contributed by atoms with Crippen molar-refractivity contribution in [1.29, 1.82) is 0 Å². The molecule has 1 heterocycles. The molecule has 6 nitrogen and oxygen atoms in total. The Bertz CT molecular complexity index is 760. The Morgan fingerprint density at radius 3 is 2.70 bits per heavy atom. The third-order valence-electron chi connectivity index (χ3n) is 4.62. The first kappa shape index (κ1) is 19.8. The van der Waals surface area contributed by atoms with Gasteiger partial charge in [0.1, 0.15) is 0 Å². The predicted octanol–water partition coefficient (Wildman–Crippen LogP) is 5.00. The van der Waals surface area contributed by atoms with E-state index in [2.05, 4.69) is 20.9 Å². The Hall–Kier alpha value is -1.99. The molecule has 0 radical (unpaired) electrons. The topological polar surface area (TPSA) is 86.3 Å². The third kappa shape index (κ3) is 6.01. The minimum Gasteiger partial charge on any atom is -0.492 e. The fourth-order valence-corrected chi connectivity index (χ4v) is 4.30. The van der Waals surface area contributed by atoms with Crippen molar-refractivity contribution >= 4 is 39.8 Å². The van der Waals surface area contributed by atoms with E-state index < -0.39 is 0 Å². The molecule has 0 saturated heterocycles. The third-order valence-corrected chi connectivity index (χ3v) is 5.98. The molecule has 146 valence electrons. The average Bonchev–Trinajstić information content (AvgIpc) is 2.83. The lowest BCUT2D eigenvalue weighted by Crippen LogP contribution is -2.30. The molecule has 4 N–H and O–H groups in total. The van der Waals surface area contributed by atoms with Gasteiger partial charge >= 0.3 is 6.03 Å². The van der Waals surface area contributed by atoms with Gasteiger partial charge in [0.2, 0.25) is 5.88 Å². The van der Waals surface area contributed by atoms with Gasteiger partial charge < -0.3 is 21.1 Å². The minimum atomic E-state index is -0.330. The Morgan fingerprint density at radius 2 is 1.96 bits per heavy atom. The number of carbonyl (C=O) groups excluding carboxylic acids is 1. The number of aromatic hydroxyl groups is 1. The van der Waals surface area contributed by atoms with Gasteiger partial charge in [-0.15, -0.1) is 0 Å². The first-order chi connectivity index (χ1) is 13.1. The largest absolute Gasteiger partial charge is 0.492 e. The summed E-state index contributed by atoms with van der Waals surface area (Å²) < 4.78 is 0. The second-order valence-corrected chi connectivity index (χ2v) is 8.20. The standard InChI is InChI=1S/C19H25ClN4O2S/c20-14-9-5-6-10-15(14)23-18(26)21-12-11-16-17(25)24-19(27-16)22-13-7-3-1-2-4-8-13/h5-6,9-10,13,25H,1-4,7-8,11-12H2,(H,22,24)(H2,21,23,26). The number of carbonyl (C=O) groups is 1. The molecule has 1 aliphatic carbocycles. The van der Waals surface area contributed by atoms with E-state index in [1.807, 2.05) is 0 Å². The van der Waals surface area contributed by atoms with Crippen LogP contribution in [0, 0.1) is 0 Å². The Balaban J connectivity index is 1.46. The number of para-hydroxylation sites is 1.